The number of rotatable bonds is 7. The fourth-order valence-corrected chi connectivity index (χ4v) is 2.72. The normalized spacial score (nSPS) is 21.0. The molecule has 0 unspecified atom stereocenters. The van der Waals surface area contributed by atoms with Gasteiger partial charge in [0.2, 0.25) is 0 Å². The summed E-state index contributed by atoms with van der Waals surface area (Å²) in [5.41, 5.74) is 0.731. The summed E-state index contributed by atoms with van der Waals surface area (Å²) in [6.45, 7) is 3.65. The zero-order valence-electron chi connectivity index (χ0n) is 13.0. The molecule has 1 saturated heterocycles. The van der Waals surface area contributed by atoms with Crippen LogP contribution in [-0.2, 0) is 16.0 Å². The van der Waals surface area contributed by atoms with Crippen molar-refractivity contribution in [3.05, 3.63) is 12.4 Å². The van der Waals surface area contributed by atoms with E-state index in [0.717, 1.165) is 44.7 Å². The van der Waals surface area contributed by atoms with Gasteiger partial charge < -0.3 is 19.7 Å². The van der Waals surface area contributed by atoms with Crippen molar-refractivity contribution < 1.29 is 14.3 Å². The van der Waals surface area contributed by atoms with Crippen molar-refractivity contribution in [3.63, 3.8) is 0 Å². The molecular weight excluding hydrogens is 284 g/mol. The number of anilines is 1. The quantitative estimate of drug-likeness (QED) is 0.830. The van der Waals surface area contributed by atoms with E-state index < -0.39 is 0 Å². The highest BCUT2D eigenvalue weighted by atomic mass is 16.5. The first kappa shape index (κ1) is 15.3. The van der Waals surface area contributed by atoms with E-state index >= 15 is 0 Å². The first-order valence-corrected chi connectivity index (χ1v) is 7.93. The van der Waals surface area contributed by atoms with Gasteiger partial charge in [-0.1, -0.05) is 0 Å². The molecule has 0 bridgehead atoms. The molecule has 1 aromatic rings. The van der Waals surface area contributed by atoms with E-state index in [4.69, 9.17) is 9.47 Å². The van der Waals surface area contributed by atoms with Gasteiger partial charge in [0.25, 0.3) is 0 Å². The molecule has 2 fully saturated rings. The van der Waals surface area contributed by atoms with Crippen molar-refractivity contribution in [1.82, 2.24) is 14.7 Å². The Morgan fingerprint density at radius 3 is 3.09 bits per heavy atom. The van der Waals surface area contributed by atoms with Crippen LogP contribution in [0.3, 0.4) is 0 Å². The van der Waals surface area contributed by atoms with Crippen molar-refractivity contribution in [2.75, 3.05) is 38.8 Å². The minimum Gasteiger partial charge on any atom is -0.383 e. The molecule has 2 amide bonds. The molecule has 1 saturated carbocycles. The molecule has 1 aliphatic heterocycles. The van der Waals surface area contributed by atoms with Gasteiger partial charge in [0.15, 0.2) is 0 Å². The summed E-state index contributed by atoms with van der Waals surface area (Å²) in [7, 11) is 1.66. The topological polar surface area (TPSA) is 68.6 Å². The van der Waals surface area contributed by atoms with Crippen LogP contribution in [0.15, 0.2) is 12.4 Å². The maximum absolute atomic E-state index is 12.5. The number of nitrogens with zero attached hydrogens (tertiary/aromatic N) is 3. The van der Waals surface area contributed by atoms with Crippen molar-refractivity contribution >= 4 is 11.7 Å². The van der Waals surface area contributed by atoms with Gasteiger partial charge in [-0.2, -0.15) is 5.10 Å². The van der Waals surface area contributed by atoms with Gasteiger partial charge >= 0.3 is 6.03 Å². The Morgan fingerprint density at radius 1 is 1.55 bits per heavy atom. The lowest BCUT2D eigenvalue weighted by molar-refractivity contribution is 0.167. The van der Waals surface area contributed by atoms with E-state index in [0.29, 0.717) is 25.1 Å². The molecule has 3 rings (SSSR count). The Kier molecular flexibility index (Phi) is 4.94. The monoisotopic (exact) mass is 308 g/mol. The first-order chi connectivity index (χ1) is 10.8. The number of ether oxygens (including phenoxy) is 2. The summed E-state index contributed by atoms with van der Waals surface area (Å²) in [4.78, 5) is 14.5. The van der Waals surface area contributed by atoms with Gasteiger partial charge in [0.1, 0.15) is 0 Å². The molecule has 1 aromatic heterocycles. The minimum atomic E-state index is -0.0271. The number of amides is 2. The number of aromatic nitrogens is 2. The molecule has 22 heavy (non-hydrogen) atoms. The lowest BCUT2D eigenvalue weighted by Crippen LogP contribution is -2.40. The Hall–Kier alpha value is -1.60. The smallest absolute Gasteiger partial charge is 0.322 e. The van der Waals surface area contributed by atoms with E-state index in [9.17, 15) is 4.79 Å². The second-order valence-electron chi connectivity index (χ2n) is 6.03. The molecule has 2 aliphatic rings. The maximum atomic E-state index is 12.5. The number of nitrogens with one attached hydrogen (secondary N) is 1. The summed E-state index contributed by atoms with van der Waals surface area (Å²) in [5, 5.41) is 7.17. The van der Waals surface area contributed by atoms with Crippen LogP contribution in [0.25, 0.3) is 0 Å². The van der Waals surface area contributed by atoms with E-state index in [2.05, 4.69) is 10.4 Å². The highest BCUT2D eigenvalue weighted by molar-refractivity contribution is 5.89. The molecule has 0 aromatic carbocycles. The fraction of sp³-hybridized carbons (Fsp3) is 0.733. The van der Waals surface area contributed by atoms with E-state index in [1.165, 1.54) is 0 Å². The van der Waals surface area contributed by atoms with Gasteiger partial charge in [-0.05, 0) is 19.3 Å². The van der Waals surface area contributed by atoms with Crippen LogP contribution >= 0.6 is 0 Å². The van der Waals surface area contributed by atoms with Crippen LogP contribution in [-0.4, -0.2) is 60.2 Å². The van der Waals surface area contributed by atoms with Crippen LogP contribution in [0.1, 0.15) is 19.3 Å². The SMILES string of the molecule is COCCn1cc(NC(=O)N(C[C@@H]2CCOC2)C2CC2)cn1. The molecule has 0 radical (unpaired) electrons. The summed E-state index contributed by atoms with van der Waals surface area (Å²) in [6.07, 6.45) is 6.77. The van der Waals surface area contributed by atoms with Crippen molar-refractivity contribution in [2.45, 2.75) is 31.8 Å². The molecule has 1 atom stereocenters. The van der Waals surface area contributed by atoms with Crippen molar-refractivity contribution in [1.29, 1.82) is 0 Å². The summed E-state index contributed by atoms with van der Waals surface area (Å²) >= 11 is 0. The lowest BCUT2D eigenvalue weighted by atomic mass is 10.1. The number of hydrogen-bond acceptors (Lipinski definition) is 4. The lowest BCUT2D eigenvalue weighted by Gasteiger charge is -2.25. The number of carbonyl (C=O) groups is 1. The largest absolute Gasteiger partial charge is 0.383 e. The van der Waals surface area contributed by atoms with Crippen LogP contribution in [0.2, 0.25) is 0 Å². The number of carbonyl (C=O) groups excluding carboxylic acids is 1. The molecule has 1 N–H and O–H groups in total. The minimum absolute atomic E-state index is 0.0271. The van der Waals surface area contributed by atoms with Crippen LogP contribution in [0, 0.1) is 5.92 Å². The second kappa shape index (κ2) is 7.11. The first-order valence-electron chi connectivity index (χ1n) is 7.93. The van der Waals surface area contributed by atoms with Crippen molar-refractivity contribution in [2.24, 2.45) is 5.92 Å². The molecule has 122 valence electrons. The average molecular weight is 308 g/mol. The highest BCUT2D eigenvalue weighted by Crippen LogP contribution is 2.29. The molecule has 2 heterocycles. The zero-order valence-corrected chi connectivity index (χ0v) is 13.0. The third kappa shape index (κ3) is 3.98. The highest BCUT2D eigenvalue weighted by Gasteiger charge is 2.34. The Morgan fingerprint density at radius 2 is 2.41 bits per heavy atom. The van der Waals surface area contributed by atoms with E-state index in [-0.39, 0.29) is 6.03 Å². The molecular formula is C15H24N4O3. The molecule has 7 nitrogen and oxygen atoms in total. The predicted octanol–water partition coefficient (Wildman–Crippen LogP) is 1.56. The van der Waals surface area contributed by atoms with E-state index in [1.807, 2.05) is 11.1 Å². The molecule has 1 aliphatic carbocycles. The Balaban J connectivity index is 1.55. The van der Waals surface area contributed by atoms with Crippen LogP contribution in [0.4, 0.5) is 10.5 Å². The maximum Gasteiger partial charge on any atom is 0.322 e. The third-order valence-electron chi connectivity index (χ3n) is 4.14. The fourth-order valence-electron chi connectivity index (χ4n) is 2.72. The van der Waals surface area contributed by atoms with Gasteiger partial charge in [-0.25, -0.2) is 4.79 Å². The summed E-state index contributed by atoms with van der Waals surface area (Å²) in [6, 6.07) is 0.366. The summed E-state index contributed by atoms with van der Waals surface area (Å²) < 4.78 is 12.2. The van der Waals surface area contributed by atoms with Gasteiger partial charge in [-0.3, -0.25) is 4.68 Å². The standard InChI is InChI=1S/C15H24N4O3/c1-21-7-5-18-10-13(8-16-18)17-15(20)19(14-2-3-14)9-12-4-6-22-11-12/h8,10,12,14H,2-7,9,11H2,1H3,(H,17,20)/t12-/m0/s1. The predicted molar refractivity (Wildman–Crippen MR) is 81.8 cm³/mol. The average Bonchev–Trinajstić information content (AvgIpc) is 3.04. The number of hydrogen-bond donors (Lipinski definition) is 1. The zero-order chi connectivity index (χ0) is 15.4. The Bertz CT molecular complexity index is 495. The van der Waals surface area contributed by atoms with Gasteiger partial charge in [-0.15, -0.1) is 0 Å². The Labute approximate surface area is 130 Å². The number of methoxy groups -OCH3 is 1. The summed E-state index contributed by atoms with van der Waals surface area (Å²) in [5.74, 6) is 0.468. The second-order valence-corrected chi connectivity index (χ2v) is 6.03. The van der Waals surface area contributed by atoms with Crippen molar-refractivity contribution in [3.8, 4) is 0 Å². The van der Waals surface area contributed by atoms with Gasteiger partial charge in [0, 0.05) is 38.4 Å². The van der Waals surface area contributed by atoms with E-state index in [1.54, 1.807) is 18.0 Å². The van der Waals surface area contributed by atoms with Gasteiger partial charge in [0.05, 0.1) is 31.6 Å². The number of urea groups is 1. The van der Waals surface area contributed by atoms with Crippen LogP contribution in [0.5, 0.6) is 0 Å². The molecule has 7 heteroatoms. The van der Waals surface area contributed by atoms with Crippen LogP contribution < -0.4 is 5.32 Å². The molecule has 0 spiro atoms. The third-order valence-corrected chi connectivity index (χ3v) is 4.14.